The zero-order valence-corrected chi connectivity index (χ0v) is 16.0. The van der Waals surface area contributed by atoms with Crippen molar-refractivity contribution in [2.24, 2.45) is 0 Å². The zero-order chi connectivity index (χ0) is 18.3. The highest BCUT2D eigenvalue weighted by molar-refractivity contribution is 5.41. The maximum absolute atomic E-state index is 5.73. The quantitative estimate of drug-likeness (QED) is 0.585. The fraction of sp³-hybridized carbons (Fsp3) is 0.455. The van der Waals surface area contributed by atoms with Crippen LogP contribution in [0.15, 0.2) is 48.5 Å². The lowest BCUT2D eigenvalue weighted by Gasteiger charge is -2.26. The Balaban J connectivity index is 2.01. The Hall–Kier alpha value is -2.00. The molecule has 0 aromatic heterocycles. The Morgan fingerprint density at radius 3 is 1.68 bits per heavy atom. The summed E-state index contributed by atoms with van der Waals surface area (Å²) in [6, 6.07) is 16.7. The molecule has 136 valence electrons. The molecule has 0 heterocycles. The number of hydrogen-bond donors (Lipinski definition) is 0. The van der Waals surface area contributed by atoms with Gasteiger partial charge in [-0.25, -0.2) is 0 Å². The summed E-state index contributed by atoms with van der Waals surface area (Å²) in [6.45, 7) is 12.4. The van der Waals surface area contributed by atoms with Crippen molar-refractivity contribution in [1.29, 1.82) is 0 Å². The van der Waals surface area contributed by atoms with Crippen LogP contribution in [0, 0.1) is 0 Å². The van der Waals surface area contributed by atoms with Crippen LogP contribution in [0.5, 0.6) is 11.5 Å². The standard InChI is InChI=1S/C22H30O3/c1-6-23-20-11-7-18(8-12-20)22(4,5)19-9-13-21(14-10-19)25-16-15-24-17(2)3/h7-14,17H,6,15-16H2,1-5H3. The van der Waals surface area contributed by atoms with Gasteiger partial charge in [0.1, 0.15) is 18.1 Å². The Morgan fingerprint density at radius 2 is 1.24 bits per heavy atom. The van der Waals surface area contributed by atoms with Gasteiger partial charge in [-0.1, -0.05) is 38.1 Å². The molecule has 0 atom stereocenters. The van der Waals surface area contributed by atoms with E-state index in [0.29, 0.717) is 19.8 Å². The van der Waals surface area contributed by atoms with Gasteiger partial charge in [0.15, 0.2) is 0 Å². The van der Waals surface area contributed by atoms with Crippen molar-refractivity contribution in [2.45, 2.75) is 46.1 Å². The molecule has 0 saturated heterocycles. The topological polar surface area (TPSA) is 27.7 Å². The van der Waals surface area contributed by atoms with Crippen LogP contribution in [0.4, 0.5) is 0 Å². The first kappa shape index (κ1) is 19.3. The molecule has 0 radical (unpaired) electrons. The van der Waals surface area contributed by atoms with E-state index in [9.17, 15) is 0 Å². The van der Waals surface area contributed by atoms with Gasteiger partial charge in [0.25, 0.3) is 0 Å². The summed E-state index contributed by atoms with van der Waals surface area (Å²) in [5.74, 6) is 1.79. The molecule has 3 heteroatoms. The van der Waals surface area contributed by atoms with E-state index < -0.39 is 0 Å². The Morgan fingerprint density at radius 1 is 0.760 bits per heavy atom. The van der Waals surface area contributed by atoms with Crippen LogP contribution in [-0.4, -0.2) is 25.9 Å². The summed E-state index contributed by atoms with van der Waals surface area (Å²) in [4.78, 5) is 0. The molecule has 0 amide bonds. The third-order valence-electron chi connectivity index (χ3n) is 4.27. The zero-order valence-electron chi connectivity index (χ0n) is 16.0. The molecule has 2 aromatic carbocycles. The maximum Gasteiger partial charge on any atom is 0.119 e. The van der Waals surface area contributed by atoms with Crippen molar-refractivity contribution in [2.75, 3.05) is 19.8 Å². The van der Waals surface area contributed by atoms with Crippen molar-refractivity contribution in [3.8, 4) is 11.5 Å². The van der Waals surface area contributed by atoms with E-state index >= 15 is 0 Å². The van der Waals surface area contributed by atoms with E-state index in [2.05, 4.69) is 38.1 Å². The van der Waals surface area contributed by atoms with Crippen molar-refractivity contribution in [3.63, 3.8) is 0 Å². The van der Waals surface area contributed by atoms with Crippen LogP contribution in [0.3, 0.4) is 0 Å². The number of ether oxygens (including phenoxy) is 3. The molecular formula is C22H30O3. The molecule has 3 nitrogen and oxygen atoms in total. The van der Waals surface area contributed by atoms with Crippen LogP contribution in [0.25, 0.3) is 0 Å². The van der Waals surface area contributed by atoms with Gasteiger partial charge in [-0.3, -0.25) is 0 Å². The van der Waals surface area contributed by atoms with E-state index in [1.807, 2.05) is 45.0 Å². The maximum atomic E-state index is 5.73. The van der Waals surface area contributed by atoms with Crippen molar-refractivity contribution >= 4 is 0 Å². The van der Waals surface area contributed by atoms with E-state index in [4.69, 9.17) is 14.2 Å². The summed E-state index contributed by atoms with van der Waals surface area (Å²) in [5, 5.41) is 0. The molecule has 0 aliphatic heterocycles. The average Bonchev–Trinajstić information content (AvgIpc) is 2.60. The predicted molar refractivity (Wildman–Crippen MR) is 103 cm³/mol. The van der Waals surface area contributed by atoms with Gasteiger partial charge in [-0.2, -0.15) is 0 Å². The number of hydrogen-bond acceptors (Lipinski definition) is 3. The molecule has 2 aromatic rings. The number of rotatable bonds is 9. The smallest absolute Gasteiger partial charge is 0.119 e. The van der Waals surface area contributed by atoms with Gasteiger partial charge in [0.2, 0.25) is 0 Å². The van der Waals surface area contributed by atoms with Crippen LogP contribution >= 0.6 is 0 Å². The largest absolute Gasteiger partial charge is 0.494 e. The molecule has 0 spiro atoms. The summed E-state index contributed by atoms with van der Waals surface area (Å²) in [7, 11) is 0. The van der Waals surface area contributed by atoms with Gasteiger partial charge >= 0.3 is 0 Å². The minimum Gasteiger partial charge on any atom is -0.494 e. The van der Waals surface area contributed by atoms with Crippen LogP contribution < -0.4 is 9.47 Å². The van der Waals surface area contributed by atoms with E-state index in [0.717, 1.165) is 11.5 Å². The molecule has 0 N–H and O–H groups in total. The SMILES string of the molecule is CCOc1ccc(C(C)(C)c2ccc(OCCOC(C)C)cc2)cc1. The van der Waals surface area contributed by atoms with Crippen molar-refractivity contribution in [3.05, 3.63) is 59.7 Å². The Labute approximate surface area is 151 Å². The average molecular weight is 342 g/mol. The first-order valence-corrected chi connectivity index (χ1v) is 9.01. The molecule has 2 rings (SSSR count). The van der Waals surface area contributed by atoms with Crippen molar-refractivity contribution in [1.82, 2.24) is 0 Å². The third-order valence-corrected chi connectivity index (χ3v) is 4.27. The number of benzene rings is 2. The van der Waals surface area contributed by atoms with E-state index in [1.54, 1.807) is 0 Å². The van der Waals surface area contributed by atoms with Gasteiger partial charge in [-0.05, 0) is 56.2 Å². The fourth-order valence-corrected chi connectivity index (χ4v) is 2.71. The molecule has 0 saturated carbocycles. The second-order valence-electron chi connectivity index (χ2n) is 6.87. The highest BCUT2D eigenvalue weighted by Crippen LogP contribution is 2.33. The van der Waals surface area contributed by atoms with Crippen LogP contribution in [-0.2, 0) is 10.2 Å². The lowest BCUT2D eigenvalue weighted by molar-refractivity contribution is 0.0552. The molecule has 25 heavy (non-hydrogen) atoms. The first-order chi connectivity index (χ1) is 11.9. The minimum absolute atomic E-state index is 0.0793. The molecule has 0 bridgehead atoms. The third kappa shape index (κ3) is 5.50. The summed E-state index contributed by atoms with van der Waals surface area (Å²) in [5.41, 5.74) is 2.43. The van der Waals surface area contributed by atoms with Gasteiger partial charge in [-0.15, -0.1) is 0 Å². The molecule has 0 aliphatic rings. The Kier molecular flexibility index (Phi) is 6.89. The first-order valence-electron chi connectivity index (χ1n) is 9.01. The normalized spacial score (nSPS) is 11.6. The van der Waals surface area contributed by atoms with Crippen molar-refractivity contribution < 1.29 is 14.2 Å². The second-order valence-corrected chi connectivity index (χ2v) is 6.87. The Bertz CT molecular complexity index is 627. The molecule has 0 fully saturated rings. The summed E-state index contributed by atoms with van der Waals surface area (Å²) < 4.78 is 16.8. The molecular weight excluding hydrogens is 312 g/mol. The van der Waals surface area contributed by atoms with E-state index in [1.165, 1.54) is 11.1 Å². The van der Waals surface area contributed by atoms with Crippen LogP contribution in [0.1, 0.15) is 45.7 Å². The summed E-state index contributed by atoms with van der Waals surface area (Å²) >= 11 is 0. The van der Waals surface area contributed by atoms with Gasteiger partial charge in [0.05, 0.1) is 19.3 Å². The van der Waals surface area contributed by atoms with Gasteiger partial charge in [0, 0.05) is 5.41 Å². The monoisotopic (exact) mass is 342 g/mol. The highest BCUT2D eigenvalue weighted by Gasteiger charge is 2.23. The van der Waals surface area contributed by atoms with Gasteiger partial charge < -0.3 is 14.2 Å². The molecule has 0 unspecified atom stereocenters. The van der Waals surface area contributed by atoms with E-state index in [-0.39, 0.29) is 11.5 Å². The predicted octanol–water partition coefficient (Wildman–Crippen LogP) is 5.22. The summed E-state index contributed by atoms with van der Waals surface area (Å²) in [6.07, 6.45) is 0.237. The lowest BCUT2D eigenvalue weighted by Crippen LogP contribution is -2.18. The lowest BCUT2D eigenvalue weighted by atomic mass is 9.78. The fourth-order valence-electron chi connectivity index (χ4n) is 2.71. The minimum atomic E-state index is -0.0793. The molecule has 0 aliphatic carbocycles. The highest BCUT2D eigenvalue weighted by atomic mass is 16.5. The second kappa shape index (κ2) is 8.91. The van der Waals surface area contributed by atoms with Crippen LogP contribution in [0.2, 0.25) is 0 Å².